The van der Waals surface area contributed by atoms with Crippen LogP contribution in [0.3, 0.4) is 0 Å². The van der Waals surface area contributed by atoms with Crippen LogP contribution < -0.4 is 15.8 Å². The molecule has 0 spiro atoms. The lowest BCUT2D eigenvalue weighted by Crippen LogP contribution is -2.46. The largest absolute Gasteiger partial charge is 0.354 e. The first-order chi connectivity index (χ1) is 19.2. The van der Waals surface area contributed by atoms with Gasteiger partial charge in [0.25, 0.3) is 11.5 Å². The number of hydrogen-bond acceptors (Lipinski definition) is 5. The van der Waals surface area contributed by atoms with E-state index in [0.717, 1.165) is 77.4 Å². The third-order valence-electron chi connectivity index (χ3n) is 8.07. The lowest BCUT2D eigenvalue weighted by atomic mass is 9.98. The summed E-state index contributed by atoms with van der Waals surface area (Å²) in [6.07, 6.45) is 4.02. The molecule has 1 fully saturated rings. The van der Waals surface area contributed by atoms with E-state index in [1.54, 1.807) is 0 Å². The van der Waals surface area contributed by atoms with Crippen LogP contribution in [0.15, 0.2) is 47.5 Å². The van der Waals surface area contributed by atoms with Crippen molar-refractivity contribution in [1.29, 1.82) is 0 Å². The molecule has 1 saturated heterocycles. The number of pyridine rings is 2. The van der Waals surface area contributed by atoms with Crippen molar-refractivity contribution in [3.8, 4) is 11.1 Å². The summed E-state index contributed by atoms with van der Waals surface area (Å²) in [5.41, 5.74) is 6.65. The number of anilines is 1. The van der Waals surface area contributed by atoms with Crippen LogP contribution in [0.25, 0.3) is 22.0 Å². The number of likely N-dealkylation sites (N-methyl/N-ethyl adjacent to an activating group) is 1. The molecular formula is C32H40N6O2. The first-order valence-corrected chi connectivity index (χ1v) is 14.2. The Morgan fingerprint density at radius 1 is 1.02 bits per heavy atom. The minimum atomic E-state index is -0.200. The molecule has 0 saturated carbocycles. The number of carbonyl (C=O) groups excluding carboxylic acids is 1. The molecule has 210 valence electrons. The van der Waals surface area contributed by atoms with Gasteiger partial charge in [-0.05, 0) is 88.2 Å². The highest BCUT2D eigenvalue weighted by atomic mass is 16.1. The molecule has 0 bridgehead atoms. The number of H-pyrrole nitrogens is 1. The van der Waals surface area contributed by atoms with Gasteiger partial charge in [-0.15, -0.1) is 0 Å². The van der Waals surface area contributed by atoms with E-state index in [2.05, 4.69) is 69.8 Å². The van der Waals surface area contributed by atoms with Crippen molar-refractivity contribution in [2.75, 3.05) is 37.6 Å². The van der Waals surface area contributed by atoms with Gasteiger partial charge in [0, 0.05) is 84.4 Å². The van der Waals surface area contributed by atoms with Crippen molar-refractivity contribution in [2.24, 2.45) is 0 Å². The number of aromatic nitrogens is 3. The van der Waals surface area contributed by atoms with Crippen LogP contribution in [0.2, 0.25) is 0 Å². The van der Waals surface area contributed by atoms with Gasteiger partial charge in [0.15, 0.2) is 0 Å². The minimum absolute atomic E-state index is 0.164. The molecule has 4 aromatic rings. The second-order valence-electron chi connectivity index (χ2n) is 11.2. The Balaban J connectivity index is 1.49. The van der Waals surface area contributed by atoms with Crippen molar-refractivity contribution in [2.45, 2.75) is 54.1 Å². The molecule has 1 aliphatic heterocycles. The summed E-state index contributed by atoms with van der Waals surface area (Å²) in [6.45, 7) is 17.6. The fourth-order valence-electron chi connectivity index (χ4n) is 5.76. The number of aromatic amines is 1. The highest BCUT2D eigenvalue weighted by molar-refractivity contribution is 6.09. The summed E-state index contributed by atoms with van der Waals surface area (Å²) in [4.78, 5) is 38.7. The van der Waals surface area contributed by atoms with E-state index in [4.69, 9.17) is 4.98 Å². The van der Waals surface area contributed by atoms with Gasteiger partial charge >= 0.3 is 0 Å². The Labute approximate surface area is 236 Å². The number of nitrogens with zero attached hydrogens (tertiary/aromatic N) is 4. The Hall–Kier alpha value is -3.91. The second kappa shape index (κ2) is 11.3. The number of hydrogen-bond donors (Lipinski definition) is 2. The standard InChI is InChI=1S/C32H40N6O2/c1-7-36-10-12-37(13-11-36)29-9-8-24(17-33-29)25-15-26(30-22(5)19-38(20(2)3)28(30)16-25)31(39)34-18-27-21(4)14-23(6)35-32(27)40/h8-9,14-17,19-20H,7,10-13,18H2,1-6H3,(H,34,39)(H,35,40). The number of nitrogens with one attached hydrogen (secondary N) is 2. The van der Waals surface area contributed by atoms with E-state index in [9.17, 15) is 9.59 Å². The van der Waals surface area contributed by atoms with E-state index < -0.39 is 0 Å². The molecule has 2 N–H and O–H groups in total. The van der Waals surface area contributed by atoms with E-state index in [1.807, 2.05) is 39.1 Å². The molecule has 0 unspecified atom stereocenters. The van der Waals surface area contributed by atoms with Gasteiger partial charge in [0.05, 0.1) is 0 Å². The smallest absolute Gasteiger partial charge is 0.253 e. The summed E-state index contributed by atoms with van der Waals surface area (Å²) in [5.74, 6) is 0.785. The van der Waals surface area contributed by atoms with E-state index in [-0.39, 0.29) is 24.1 Å². The van der Waals surface area contributed by atoms with Crippen LogP contribution in [0.4, 0.5) is 5.82 Å². The van der Waals surface area contributed by atoms with Gasteiger partial charge < -0.3 is 24.7 Å². The molecule has 1 amide bonds. The summed E-state index contributed by atoms with van der Waals surface area (Å²) >= 11 is 0. The zero-order valence-corrected chi connectivity index (χ0v) is 24.5. The molecule has 5 rings (SSSR count). The normalized spacial score (nSPS) is 14.3. The average Bonchev–Trinajstić information content (AvgIpc) is 3.28. The first-order valence-electron chi connectivity index (χ1n) is 14.2. The Morgan fingerprint density at radius 3 is 2.40 bits per heavy atom. The maximum absolute atomic E-state index is 13.7. The molecule has 8 nitrogen and oxygen atoms in total. The fraction of sp³-hybridized carbons (Fsp3) is 0.406. The Morgan fingerprint density at radius 2 is 1.77 bits per heavy atom. The highest BCUT2D eigenvalue weighted by Gasteiger charge is 2.21. The van der Waals surface area contributed by atoms with Crippen LogP contribution in [-0.2, 0) is 6.54 Å². The van der Waals surface area contributed by atoms with Crippen molar-refractivity contribution in [3.05, 3.63) is 81.0 Å². The topological polar surface area (TPSA) is 86.3 Å². The van der Waals surface area contributed by atoms with E-state index in [0.29, 0.717) is 11.1 Å². The lowest BCUT2D eigenvalue weighted by Gasteiger charge is -2.34. The number of amides is 1. The zero-order valence-electron chi connectivity index (χ0n) is 24.5. The monoisotopic (exact) mass is 540 g/mol. The molecule has 1 aromatic carbocycles. The molecule has 40 heavy (non-hydrogen) atoms. The Bertz CT molecular complexity index is 1590. The third kappa shape index (κ3) is 5.41. The van der Waals surface area contributed by atoms with Gasteiger partial charge in [0.1, 0.15) is 5.82 Å². The molecule has 0 radical (unpaired) electrons. The number of aryl methyl sites for hydroxylation is 3. The quantitative estimate of drug-likeness (QED) is 0.346. The van der Waals surface area contributed by atoms with Gasteiger partial charge in [0.2, 0.25) is 0 Å². The SMILES string of the molecule is CCN1CCN(c2ccc(-c3cc(C(=O)NCc4c(C)cc(C)[nH]c4=O)c4c(C)cn(C(C)C)c4c3)cn2)CC1. The highest BCUT2D eigenvalue weighted by Crippen LogP contribution is 2.33. The number of rotatable bonds is 7. The average molecular weight is 541 g/mol. The number of fused-ring (bicyclic) bond motifs is 1. The zero-order chi connectivity index (χ0) is 28.6. The van der Waals surface area contributed by atoms with Crippen LogP contribution in [0.1, 0.15) is 59.6 Å². The predicted octanol–water partition coefficient (Wildman–Crippen LogP) is 4.97. The molecule has 1 aliphatic rings. The second-order valence-corrected chi connectivity index (χ2v) is 11.2. The maximum atomic E-state index is 13.7. The number of benzene rings is 1. The van der Waals surface area contributed by atoms with Crippen LogP contribution in [0, 0.1) is 20.8 Å². The van der Waals surface area contributed by atoms with Crippen LogP contribution in [0.5, 0.6) is 0 Å². The molecular weight excluding hydrogens is 500 g/mol. The van der Waals surface area contributed by atoms with E-state index in [1.165, 1.54) is 0 Å². The first kappa shape index (κ1) is 27.6. The van der Waals surface area contributed by atoms with E-state index >= 15 is 0 Å². The van der Waals surface area contributed by atoms with Gasteiger partial charge in [-0.25, -0.2) is 4.98 Å². The predicted molar refractivity (Wildman–Crippen MR) is 162 cm³/mol. The summed E-state index contributed by atoms with van der Waals surface area (Å²) in [5, 5.41) is 3.95. The number of piperazine rings is 1. The van der Waals surface area contributed by atoms with Crippen molar-refractivity contribution < 1.29 is 4.79 Å². The lowest BCUT2D eigenvalue weighted by molar-refractivity contribution is 0.0952. The van der Waals surface area contributed by atoms with Gasteiger partial charge in [-0.3, -0.25) is 9.59 Å². The molecule has 4 heterocycles. The molecule has 0 atom stereocenters. The minimum Gasteiger partial charge on any atom is -0.354 e. The maximum Gasteiger partial charge on any atom is 0.253 e. The molecule has 3 aromatic heterocycles. The van der Waals surface area contributed by atoms with Gasteiger partial charge in [-0.2, -0.15) is 0 Å². The van der Waals surface area contributed by atoms with Crippen molar-refractivity contribution >= 4 is 22.6 Å². The van der Waals surface area contributed by atoms with Crippen molar-refractivity contribution in [1.82, 2.24) is 24.8 Å². The summed E-state index contributed by atoms with van der Waals surface area (Å²) < 4.78 is 2.22. The fourth-order valence-corrected chi connectivity index (χ4v) is 5.76. The third-order valence-corrected chi connectivity index (χ3v) is 8.07. The van der Waals surface area contributed by atoms with Crippen molar-refractivity contribution in [3.63, 3.8) is 0 Å². The molecule has 0 aliphatic carbocycles. The summed E-state index contributed by atoms with van der Waals surface area (Å²) in [7, 11) is 0. The number of carbonyl (C=O) groups is 1. The molecule has 8 heteroatoms. The van der Waals surface area contributed by atoms with Crippen LogP contribution >= 0.6 is 0 Å². The van der Waals surface area contributed by atoms with Gasteiger partial charge in [-0.1, -0.05) is 6.92 Å². The van der Waals surface area contributed by atoms with Crippen LogP contribution in [-0.4, -0.2) is 58.1 Å². The summed E-state index contributed by atoms with van der Waals surface area (Å²) in [6, 6.07) is 10.5. The Kier molecular flexibility index (Phi) is 7.81.